The Balaban J connectivity index is 1.77. The monoisotopic (exact) mass is 424 g/mol. The van der Waals surface area contributed by atoms with Crippen molar-refractivity contribution in [1.82, 2.24) is 9.97 Å². The zero-order chi connectivity index (χ0) is 21.3. The van der Waals surface area contributed by atoms with Crippen molar-refractivity contribution in [2.24, 2.45) is 16.6 Å². The van der Waals surface area contributed by atoms with E-state index in [0.717, 1.165) is 5.39 Å². The topological polar surface area (TPSA) is 100.0 Å². The van der Waals surface area contributed by atoms with E-state index in [-0.39, 0.29) is 16.6 Å². The Morgan fingerprint density at radius 3 is 2.93 bits per heavy atom. The van der Waals surface area contributed by atoms with Crippen LogP contribution in [0.2, 0.25) is 0 Å². The van der Waals surface area contributed by atoms with E-state index in [1.807, 2.05) is 6.92 Å². The summed E-state index contributed by atoms with van der Waals surface area (Å²) in [5, 5.41) is 13.2. The normalized spacial score (nSPS) is 21.1. The van der Waals surface area contributed by atoms with Crippen molar-refractivity contribution in [2.75, 3.05) is 17.7 Å². The van der Waals surface area contributed by atoms with Crippen molar-refractivity contribution in [3.8, 4) is 6.07 Å². The van der Waals surface area contributed by atoms with Crippen molar-refractivity contribution in [2.45, 2.75) is 12.5 Å². The van der Waals surface area contributed by atoms with Gasteiger partial charge >= 0.3 is 0 Å². The van der Waals surface area contributed by atoms with Gasteiger partial charge in [0.1, 0.15) is 29.6 Å². The zero-order valence-electron chi connectivity index (χ0n) is 16.1. The van der Waals surface area contributed by atoms with Crippen LogP contribution in [0.1, 0.15) is 18.1 Å². The summed E-state index contributed by atoms with van der Waals surface area (Å²) < 4.78 is 29.0. The smallest absolute Gasteiger partial charge is 0.156 e. The van der Waals surface area contributed by atoms with E-state index in [1.165, 1.54) is 24.0 Å². The van der Waals surface area contributed by atoms with Crippen LogP contribution < -0.4 is 11.1 Å². The highest BCUT2D eigenvalue weighted by Crippen LogP contribution is 2.42. The second-order valence-electron chi connectivity index (χ2n) is 7.11. The first-order chi connectivity index (χ1) is 14.5. The average molecular weight is 424 g/mol. The van der Waals surface area contributed by atoms with Gasteiger partial charge in [-0.2, -0.15) is 5.26 Å². The third kappa shape index (κ3) is 3.44. The summed E-state index contributed by atoms with van der Waals surface area (Å²) in [5.74, 6) is 0.202. The highest BCUT2D eigenvalue weighted by atomic mass is 32.2. The number of benzene rings is 1. The third-order valence-electron chi connectivity index (χ3n) is 5.23. The number of aliphatic imine (C=N–C) groups is 1. The van der Waals surface area contributed by atoms with Gasteiger partial charge in [-0.15, -0.1) is 0 Å². The first kappa shape index (κ1) is 20.0. The van der Waals surface area contributed by atoms with Crippen LogP contribution in [-0.4, -0.2) is 27.6 Å². The van der Waals surface area contributed by atoms with Crippen molar-refractivity contribution < 1.29 is 8.78 Å². The molecule has 0 bridgehead atoms. The van der Waals surface area contributed by atoms with Gasteiger partial charge in [0.25, 0.3) is 0 Å². The van der Waals surface area contributed by atoms with Gasteiger partial charge in [0.05, 0.1) is 5.56 Å². The van der Waals surface area contributed by atoms with E-state index < -0.39 is 18.0 Å². The number of nitrogens with one attached hydrogen (secondary N) is 1. The number of pyridine rings is 2. The number of fused-ring (bicyclic) bond motifs is 1. The summed E-state index contributed by atoms with van der Waals surface area (Å²) in [5.41, 5.74) is 6.14. The van der Waals surface area contributed by atoms with Gasteiger partial charge in [-0.3, -0.25) is 4.98 Å². The number of hydrogen-bond donors (Lipinski definition) is 2. The second-order valence-corrected chi connectivity index (χ2v) is 8.15. The third-order valence-corrected chi connectivity index (χ3v) is 6.29. The lowest BCUT2D eigenvalue weighted by Crippen LogP contribution is -2.41. The molecule has 2 aromatic heterocycles. The molecule has 3 N–H and O–H groups in total. The molecule has 0 radical (unpaired) electrons. The number of aromatic nitrogens is 2. The first-order valence-corrected chi connectivity index (χ1v) is 10.2. The molecule has 1 aliphatic heterocycles. The van der Waals surface area contributed by atoms with Gasteiger partial charge < -0.3 is 11.1 Å². The van der Waals surface area contributed by atoms with E-state index in [1.54, 1.807) is 30.5 Å². The molecule has 3 heterocycles. The van der Waals surface area contributed by atoms with Gasteiger partial charge in [0, 0.05) is 34.8 Å². The summed E-state index contributed by atoms with van der Waals surface area (Å²) in [6.45, 7) is 0.978. The van der Waals surface area contributed by atoms with Gasteiger partial charge in [-0.05, 0) is 36.2 Å². The Morgan fingerprint density at radius 2 is 2.17 bits per heavy atom. The summed E-state index contributed by atoms with van der Waals surface area (Å²) in [7, 11) is 0. The van der Waals surface area contributed by atoms with Crippen molar-refractivity contribution in [3.63, 3.8) is 0 Å². The zero-order valence-corrected chi connectivity index (χ0v) is 16.9. The van der Waals surface area contributed by atoms with Crippen LogP contribution in [0.5, 0.6) is 0 Å². The fourth-order valence-electron chi connectivity index (χ4n) is 3.53. The van der Waals surface area contributed by atoms with Crippen LogP contribution in [0.25, 0.3) is 10.9 Å². The maximum atomic E-state index is 14.8. The van der Waals surface area contributed by atoms with E-state index in [9.17, 15) is 8.78 Å². The van der Waals surface area contributed by atoms with Crippen LogP contribution in [0.3, 0.4) is 0 Å². The van der Waals surface area contributed by atoms with Crippen molar-refractivity contribution in [1.29, 1.82) is 5.26 Å². The molecule has 152 valence electrons. The standard InChI is InChI=1S/C21H18F2N6S/c1-12-10-30-20(25)29-21(12,11-22)16-7-15(2-3-17(16)23)28-19-18-14(4-5-26-19)6-13(8-24)9-27-18/h2-7,9,12H,10-11H2,1H3,(H2,25,29)(H,26,28)/t12-,21+/m1/s1. The first-order valence-electron chi connectivity index (χ1n) is 9.23. The predicted octanol–water partition coefficient (Wildman–Crippen LogP) is 4.25. The average Bonchev–Trinajstić information content (AvgIpc) is 2.76. The molecule has 3 aromatic rings. The Morgan fingerprint density at radius 1 is 1.33 bits per heavy atom. The maximum Gasteiger partial charge on any atom is 0.156 e. The number of hydrogen-bond acceptors (Lipinski definition) is 7. The van der Waals surface area contributed by atoms with Crippen LogP contribution in [0.15, 0.2) is 47.7 Å². The lowest BCUT2D eigenvalue weighted by molar-refractivity contribution is 0.235. The Bertz CT molecular complexity index is 1190. The minimum absolute atomic E-state index is 0.144. The molecule has 0 aliphatic carbocycles. The number of alkyl halides is 1. The molecule has 0 saturated carbocycles. The van der Waals surface area contributed by atoms with Crippen LogP contribution in [0, 0.1) is 23.1 Å². The summed E-state index contributed by atoms with van der Waals surface area (Å²) in [4.78, 5) is 12.9. The summed E-state index contributed by atoms with van der Waals surface area (Å²) >= 11 is 1.34. The van der Waals surface area contributed by atoms with Crippen molar-refractivity contribution >= 4 is 39.3 Å². The number of rotatable bonds is 4. The summed E-state index contributed by atoms with van der Waals surface area (Å²) in [6, 6.07) is 9.88. The fraction of sp³-hybridized carbons (Fsp3) is 0.238. The predicted molar refractivity (Wildman–Crippen MR) is 115 cm³/mol. The highest BCUT2D eigenvalue weighted by Gasteiger charge is 2.43. The molecule has 6 nitrogen and oxygen atoms in total. The molecule has 9 heteroatoms. The molecular weight excluding hydrogens is 406 g/mol. The number of nitrogens with zero attached hydrogens (tertiary/aromatic N) is 4. The molecule has 2 atom stereocenters. The van der Waals surface area contributed by atoms with Crippen LogP contribution >= 0.6 is 11.8 Å². The number of thioether (sulfide) groups is 1. The maximum absolute atomic E-state index is 14.8. The quantitative estimate of drug-likeness (QED) is 0.650. The van der Waals surface area contributed by atoms with Gasteiger partial charge in [-0.1, -0.05) is 18.7 Å². The van der Waals surface area contributed by atoms with E-state index in [2.05, 4.69) is 26.3 Å². The fourth-order valence-corrected chi connectivity index (χ4v) is 4.45. The molecule has 1 aliphatic rings. The number of halogens is 2. The molecule has 0 spiro atoms. The van der Waals surface area contributed by atoms with E-state index in [0.29, 0.717) is 28.3 Å². The number of amidine groups is 1. The molecule has 0 amide bonds. The van der Waals surface area contributed by atoms with Gasteiger partial charge in [0.15, 0.2) is 11.0 Å². The Kier molecular flexibility index (Phi) is 5.26. The minimum atomic E-state index is -1.37. The molecule has 0 saturated heterocycles. The van der Waals surface area contributed by atoms with Crippen molar-refractivity contribution in [3.05, 3.63) is 59.7 Å². The molecule has 0 unspecified atom stereocenters. The summed E-state index contributed by atoms with van der Waals surface area (Å²) in [6.07, 6.45) is 3.05. The Hall–Kier alpha value is -3.25. The molecule has 4 rings (SSSR count). The molecule has 0 fully saturated rings. The van der Waals surface area contributed by atoms with E-state index >= 15 is 0 Å². The van der Waals surface area contributed by atoms with Gasteiger partial charge in [0.2, 0.25) is 0 Å². The second kappa shape index (κ2) is 7.88. The molecule has 1 aromatic carbocycles. The lowest BCUT2D eigenvalue weighted by atomic mass is 9.80. The van der Waals surface area contributed by atoms with Crippen LogP contribution in [-0.2, 0) is 5.54 Å². The lowest BCUT2D eigenvalue weighted by Gasteiger charge is -2.37. The number of nitriles is 1. The molecular formula is C21H18F2N6S. The molecule has 30 heavy (non-hydrogen) atoms. The van der Waals surface area contributed by atoms with Crippen LogP contribution in [0.4, 0.5) is 20.3 Å². The van der Waals surface area contributed by atoms with Gasteiger partial charge in [-0.25, -0.2) is 18.8 Å². The number of nitrogens with two attached hydrogens (primary N) is 1. The highest BCUT2D eigenvalue weighted by molar-refractivity contribution is 8.13. The minimum Gasteiger partial charge on any atom is -0.379 e. The number of anilines is 2. The Labute approximate surface area is 176 Å². The SMILES string of the molecule is C[C@@H]1CSC(N)=N[C@]1(CF)c1cc(Nc2nccc3cc(C#N)cnc23)ccc1F. The van der Waals surface area contributed by atoms with E-state index in [4.69, 9.17) is 11.0 Å². The largest absolute Gasteiger partial charge is 0.379 e.